The Balaban J connectivity index is 1.77. The highest BCUT2D eigenvalue weighted by atomic mass is 35.7. The number of benzene rings is 1. The fourth-order valence-electron chi connectivity index (χ4n) is 5.10. The van der Waals surface area contributed by atoms with Gasteiger partial charge in [-0.25, -0.2) is 4.79 Å². The van der Waals surface area contributed by atoms with Gasteiger partial charge in [0.15, 0.2) is 0 Å². The minimum Gasteiger partial charge on any atom is -0.353 e. The topological polar surface area (TPSA) is 50.2 Å². The van der Waals surface area contributed by atoms with Crippen LogP contribution in [0.4, 0.5) is 19.0 Å². The van der Waals surface area contributed by atoms with Gasteiger partial charge in [-0.1, -0.05) is 10.7 Å². The summed E-state index contributed by atoms with van der Waals surface area (Å²) in [4.78, 5) is 19.9. The van der Waals surface area contributed by atoms with E-state index in [1.807, 2.05) is 18.7 Å². The number of nitrogens with zero attached hydrogens (tertiary/aromatic N) is 3. The summed E-state index contributed by atoms with van der Waals surface area (Å²) < 4.78 is 43.1. The predicted octanol–water partition coefficient (Wildman–Crippen LogP) is 4.16. The predicted molar refractivity (Wildman–Crippen MR) is 119 cm³/mol. The molecule has 3 heterocycles. The first-order chi connectivity index (χ1) is 14.6. The second-order valence-corrected chi connectivity index (χ2v) is 12.0. The first-order valence-corrected chi connectivity index (χ1v) is 13.1. The Labute approximate surface area is 185 Å². The Bertz CT molecular complexity index is 1080. The molecular formula is C21H26ClF3N4OS. The molecule has 2 unspecified atom stereocenters. The number of thiol groups is 1. The van der Waals surface area contributed by atoms with Gasteiger partial charge in [0.2, 0.25) is 0 Å². The number of hydrogen-bond donors (Lipinski definition) is 2. The van der Waals surface area contributed by atoms with Crippen LogP contribution in [0.2, 0.25) is 0 Å². The van der Waals surface area contributed by atoms with Crippen LogP contribution in [0.3, 0.4) is 0 Å². The molecule has 1 aliphatic carbocycles. The Hall–Kier alpha value is -1.45. The molecule has 2 aromatic rings. The Morgan fingerprint density at radius 1 is 1.13 bits per heavy atom. The number of halogens is 4. The lowest BCUT2D eigenvalue weighted by Crippen LogP contribution is -2.55. The molecule has 2 aliphatic heterocycles. The molecule has 31 heavy (non-hydrogen) atoms. The lowest BCUT2D eigenvalue weighted by atomic mass is 10.1. The number of piperazine rings is 1. The van der Waals surface area contributed by atoms with Crippen LogP contribution in [0.15, 0.2) is 21.8 Å². The van der Waals surface area contributed by atoms with Gasteiger partial charge in [0.25, 0.3) is 0 Å². The van der Waals surface area contributed by atoms with Gasteiger partial charge in [-0.05, 0) is 56.4 Å². The molecule has 1 saturated heterocycles. The van der Waals surface area contributed by atoms with E-state index in [-0.39, 0.29) is 18.0 Å². The van der Waals surface area contributed by atoms with E-state index in [1.54, 1.807) is 4.57 Å². The molecule has 3 aliphatic rings. The van der Waals surface area contributed by atoms with Gasteiger partial charge in [0.1, 0.15) is 5.82 Å². The quantitative estimate of drug-likeness (QED) is 0.642. The highest BCUT2D eigenvalue weighted by molar-refractivity contribution is 8.36. The van der Waals surface area contributed by atoms with E-state index in [2.05, 4.69) is 10.3 Å². The SMILES string of the molecule is C[C@@H]1CN(c2nc(=O)n3c4c(cc(C(F)(F)F)cc24)[SH](Cl)CC(C2CC2)C3)C[C@H](C)N1. The van der Waals surface area contributed by atoms with Crippen molar-refractivity contribution in [3.63, 3.8) is 0 Å². The van der Waals surface area contributed by atoms with E-state index < -0.39 is 27.5 Å². The maximum atomic E-state index is 13.8. The molecule has 5 rings (SSSR count). The second kappa shape index (κ2) is 7.56. The van der Waals surface area contributed by atoms with Crippen LogP contribution in [-0.4, -0.2) is 40.5 Å². The molecule has 0 bridgehead atoms. The zero-order chi connectivity index (χ0) is 22.1. The standard InChI is InChI=1S/C21H26ClF3N4OS/c1-11-7-28(8-12(2)26-11)19-16-5-15(21(23,24)25)6-17-18(16)29(20(30)27-19)9-14(10-31(17)22)13-3-4-13/h5-6,11-14,26,31H,3-4,7-10H2,1-2H3/t11-,12+,14?. The first kappa shape index (κ1) is 21.4. The van der Waals surface area contributed by atoms with Crippen molar-refractivity contribution in [1.29, 1.82) is 0 Å². The zero-order valence-electron chi connectivity index (χ0n) is 17.4. The molecule has 0 amide bonds. The summed E-state index contributed by atoms with van der Waals surface area (Å²) in [5.41, 5.74) is -0.571. The molecule has 1 saturated carbocycles. The van der Waals surface area contributed by atoms with Crippen LogP contribution in [0.5, 0.6) is 0 Å². The van der Waals surface area contributed by atoms with Gasteiger partial charge in [-0.2, -0.15) is 18.2 Å². The van der Waals surface area contributed by atoms with Gasteiger partial charge >= 0.3 is 11.9 Å². The van der Waals surface area contributed by atoms with Crippen molar-refractivity contribution in [3.05, 3.63) is 28.2 Å². The average Bonchev–Trinajstić information content (AvgIpc) is 3.51. The van der Waals surface area contributed by atoms with Gasteiger partial charge in [0.05, 0.1) is 11.1 Å². The summed E-state index contributed by atoms with van der Waals surface area (Å²) in [5, 5.41) is 3.80. The third kappa shape index (κ3) is 3.93. The molecule has 4 atom stereocenters. The molecule has 170 valence electrons. The minimum atomic E-state index is -4.50. The number of alkyl halides is 3. The highest BCUT2D eigenvalue weighted by Gasteiger charge is 2.38. The van der Waals surface area contributed by atoms with Crippen molar-refractivity contribution in [2.45, 2.75) is 56.4 Å². The van der Waals surface area contributed by atoms with E-state index in [1.165, 1.54) is 6.07 Å². The van der Waals surface area contributed by atoms with Gasteiger partial charge in [-0.15, -0.1) is 10.1 Å². The molecule has 0 radical (unpaired) electrons. The molecule has 1 aromatic heterocycles. The third-order valence-corrected chi connectivity index (χ3v) is 9.19. The normalized spacial score (nSPS) is 30.5. The van der Waals surface area contributed by atoms with Crippen LogP contribution in [0, 0.1) is 11.8 Å². The molecule has 10 heteroatoms. The zero-order valence-corrected chi connectivity index (χ0v) is 19.1. The maximum Gasteiger partial charge on any atom is 0.416 e. The number of rotatable bonds is 2. The van der Waals surface area contributed by atoms with Crippen molar-refractivity contribution in [2.24, 2.45) is 11.8 Å². The van der Waals surface area contributed by atoms with Gasteiger partial charge in [0, 0.05) is 42.0 Å². The summed E-state index contributed by atoms with van der Waals surface area (Å²) >= 11 is 0. The van der Waals surface area contributed by atoms with Crippen LogP contribution in [0.1, 0.15) is 32.3 Å². The van der Waals surface area contributed by atoms with E-state index in [4.69, 9.17) is 10.7 Å². The highest BCUT2D eigenvalue weighted by Crippen LogP contribution is 2.53. The van der Waals surface area contributed by atoms with Crippen LogP contribution in [0.25, 0.3) is 10.9 Å². The minimum absolute atomic E-state index is 0.133. The van der Waals surface area contributed by atoms with Crippen molar-refractivity contribution in [3.8, 4) is 0 Å². The second-order valence-electron chi connectivity index (χ2n) is 9.23. The van der Waals surface area contributed by atoms with E-state index in [9.17, 15) is 18.0 Å². The molecular weight excluding hydrogens is 449 g/mol. The Morgan fingerprint density at radius 3 is 2.42 bits per heavy atom. The van der Waals surface area contributed by atoms with Crippen molar-refractivity contribution < 1.29 is 13.2 Å². The molecule has 1 aromatic carbocycles. The monoisotopic (exact) mass is 474 g/mol. The van der Waals surface area contributed by atoms with Crippen LogP contribution in [-0.2, 0) is 12.7 Å². The smallest absolute Gasteiger partial charge is 0.353 e. The number of nitrogens with one attached hydrogen (secondary N) is 1. The summed E-state index contributed by atoms with van der Waals surface area (Å²) in [6, 6.07) is 2.59. The number of aromatic nitrogens is 2. The number of hydrogen-bond acceptors (Lipinski definition) is 4. The van der Waals surface area contributed by atoms with E-state index in [0.29, 0.717) is 52.9 Å². The van der Waals surface area contributed by atoms with Gasteiger partial charge < -0.3 is 10.2 Å². The van der Waals surface area contributed by atoms with E-state index in [0.717, 1.165) is 18.9 Å². The Morgan fingerprint density at radius 2 is 1.81 bits per heavy atom. The first-order valence-electron chi connectivity index (χ1n) is 10.7. The van der Waals surface area contributed by atoms with Gasteiger partial charge in [-0.3, -0.25) is 4.57 Å². The molecule has 0 spiro atoms. The summed E-state index contributed by atoms with van der Waals surface area (Å²) in [7, 11) is 5.46. The van der Waals surface area contributed by atoms with Crippen molar-refractivity contribution in [1.82, 2.24) is 14.9 Å². The largest absolute Gasteiger partial charge is 0.416 e. The van der Waals surface area contributed by atoms with Crippen molar-refractivity contribution in [2.75, 3.05) is 23.7 Å². The fourth-order valence-corrected chi connectivity index (χ4v) is 7.79. The van der Waals surface area contributed by atoms with Crippen LogP contribution >= 0.6 is 20.8 Å². The fraction of sp³-hybridized carbons (Fsp3) is 0.619. The average molecular weight is 475 g/mol. The lowest BCUT2D eigenvalue weighted by molar-refractivity contribution is -0.137. The maximum absolute atomic E-state index is 13.8. The summed E-state index contributed by atoms with van der Waals surface area (Å²) in [5.74, 6) is 1.68. The molecule has 2 fully saturated rings. The lowest BCUT2D eigenvalue weighted by Gasteiger charge is -2.37. The third-order valence-electron chi connectivity index (χ3n) is 6.58. The molecule has 5 nitrogen and oxygen atoms in total. The number of anilines is 1. The Kier molecular flexibility index (Phi) is 5.22. The molecule has 1 N–H and O–H groups in total. The van der Waals surface area contributed by atoms with E-state index >= 15 is 0 Å². The van der Waals surface area contributed by atoms with Crippen LogP contribution < -0.4 is 15.9 Å². The van der Waals surface area contributed by atoms with Crippen molar-refractivity contribution >= 4 is 37.5 Å². The summed E-state index contributed by atoms with van der Waals surface area (Å²) in [6.45, 7) is 5.66. The summed E-state index contributed by atoms with van der Waals surface area (Å²) in [6.07, 6.45) is -2.31.